The van der Waals surface area contributed by atoms with Gasteiger partial charge in [-0.15, -0.1) is 0 Å². The van der Waals surface area contributed by atoms with Gasteiger partial charge in [-0.1, -0.05) is 19.3 Å². The number of piperidine rings is 1. The number of likely N-dealkylation sites (tertiary alicyclic amines) is 1. The van der Waals surface area contributed by atoms with E-state index in [9.17, 15) is 4.79 Å². The van der Waals surface area contributed by atoms with Crippen molar-refractivity contribution in [2.45, 2.75) is 70.4 Å². The molecule has 1 saturated heterocycles. The summed E-state index contributed by atoms with van der Waals surface area (Å²) in [5.41, 5.74) is 0.928. The Bertz CT molecular complexity index is 507. The van der Waals surface area contributed by atoms with Gasteiger partial charge in [-0.2, -0.15) is 0 Å². The van der Waals surface area contributed by atoms with Crippen LogP contribution in [0.1, 0.15) is 57.6 Å². The van der Waals surface area contributed by atoms with Crippen molar-refractivity contribution in [2.75, 3.05) is 13.1 Å². The summed E-state index contributed by atoms with van der Waals surface area (Å²) in [6.45, 7) is 4.21. The number of nitrogens with one attached hydrogen (secondary N) is 1. The van der Waals surface area contributed by atoms with Gasteiger partial charge in [0.2, 0.25) is 5.91 Å². The molecule has 0 radical (unpaired) electrons. The largest absolute Gasteiger partial charge is 0.353 e. The van der Waals surface area contributed by atoms with E-state index < -0.39 is 0 Å². The minimum atomic E-state index is 0.102. The smallest absolute Gasteiger partial charge is 0.223 e. The number of carbonyl (C=O) groups excluding carboxylic acids is 1. The fourth-order valence-electron chi connectivity index (χ4n) is 4.13. The Balaban J connectivity index is 1.41. The minimum absolute atomic E-state index is 0.102. The summed E-state index contributed by atoms with van der Waals surface area (Å²) in [5.74, 6) is 0.392. The molecule has 5 nitrogen and oxygen atoms in total. The number of nitrogens with zero attached hydrogens (tertiary/aromatic N) is 3. The molecule has 1 aromatic rings. The molecule has 1 aromatic heterocycles. The summed E-state index contributed by atoms with van der Waals surface area (Å²) in [6.07, 6.45) is 14.7. The highest BCUT2D eigenvalue weighted by atomic mass is 16.1. The lowest BCUT2D eigenvalue weighted by molar-refractivity contribution is -0.127. The van der Waals surface area contributed by atoms with Gasteiger partial charge in [0.05, 0.1) is 5.69 Å². The summed E-state index contributed by atoms with van der Waals surface area (Å²) in [6, 6.07) is 0.879. The Kier molecular flexibility index (Phi) is 6.18. The molecular weight excluding hydrogens is 300 g/mol. The van der Waals surface area contributed by atoms with E-state index in [-0.39, 0.29) is 17.9 Å². The molecule has 3 rings (SSSR count). The van der Waals surface area contributed by atoms with E-state index in [1.54, 1.807) is 18.6 Å². The van der Waals surface area contributed by atoms with Gasteiger partial charge in [0, 0.05) is 43.0 Å². The van der Waals surface area contributed by atoms with Gasteiger partial charge < -0.3 is 10.2 Å². The third kappa shape index (κ3) is 4.76. The second-order valence-corrected chi connectivity index (χ2v) is 7.41. The maximum Gasteiger partial charge on any atom is 0.223 e. The SMILES string of the molecule is C[C@@H](Cc1cnccn1)NC(=O)C1CCN(C2CCCCC2)CC1. The lowest BCUT2D eigenvalue weighted by Crippen LogP contribution is -2.47. The van der Waals surface area contributed by atoms with Crippen LogP contribution in [-0.4, -0.2) is 45.9 Å². The topological polar surface area (TPSA) is 58.1 Å². The Labute approximate surface area is 145 Å². The fraction of sp³-hybridized carbons (Fsp3) is 0.737. The van der Waals surface area contributed by atoms with Crippen molar-refractivity contribution in [1.82, 2.24) is 20.2 Å². The number of carbonyl (C=O) groups is 1. The standard InChI is InChI=1S/C19H30N4O/c1-15(13-17-14-20-9-10-21-17)22-19(24)16-7-11-23(12-8-16)18-5-3-2-4-6-18/h9-10,14-16,18H,2-8,11-13H2,1H3,(H,22,24)/t15-/m0/s1. The predicted molar refractivity (Wildman–Crippen MR) is 94.5 cm³/mol. The van der Waals surface area contributed by atoms with Crippen molar-refractivity contribution < 1.29 is 4.79 Å². The van der Waals surface area contributed by atoms with Crippen molar-refractivity contribution in [3.63, 3.8) is 0 Å². The van der Waals surface area contributed by atoms with Crippen LogP contribution in [-0.2, 0) is 11.2 Å². The van der Waals surface area contributed by atoms with Gasteiger partial charge in [-0.3, -0.25) is 14.8 Å². The van der Waals surface area contributed by atoms with Crippen LogP contribution in [0, 0.1) is 5.92 Å². The first-order chi connectivity index (χ1) is 11.7. The van der Waals surface area contributed by atoms with E-state index in [0.717, 1.165) is 44.1 Å². The zero-order chi connectivity index (χ0) is 16.8. The van der Waals surface area contributed by atoms with Crippen LogP contribution in [0.2, 0.25) is 0 Å². The molecule has 0 spiro atoms. The van der Waals surface area contributed by atoms with Crippen molar-refractivity contribution in [3.05, 3.63) is 24.3 Å². The summed E-state index contributed by atoms with van der Waals surface area (Å²) >= 11 is 0. The summed E-state index contributed by atoms with van der Waals surface area (Å²) < 4.78 is 0. The molecule has 0 aromatic carbocycles. The third-order valence-electron chi connectivity index (χ3n) is 5.51. The van der Waals surface area contributed by atoms with Crippen LogP contribution in [0.5, 0.6) is 0 Å². The highest BCUT2D eigenvalue weighted by Gasteiger charge is 2.29. The molecule has 1 atom stereocenters. The molecule has 132 valence electrons. The summed E-state index contributed by atoms with van der Waals surface area (Å²) in [7, 11) is 0. The molecule has 0 unspecified atom stereocenters. The van der Waals surface area contributed by atoms with E-state index in [1.165, 1.54) is 32.1 Å². The number of hydrogen-bond acceptors (Lipinski definition) is 4. The number of amides is 1. The number of hydrogen-bond donors (Lipinski definition) is 1. The van der Waals surface area contributed by atoms with Crippen LogP contribution in [0.15, 0.2) is 18.6 Å². The molecular formula is C19H30N4O. The highest BCUT2D eigenvalue weighted by Crippen LogP contribution is 2.27. The van der Waals surface area contributed by atoms with E-state index in [0.29, 0.717) is 0 Å². The molecule has 1 saturated carbocycles. The van der Waals surface area contributed by atoms with Crippen molar-refractivity contribution in [1.29, 1.82) is 0 Å². The van der Waals surface area contributed by atoms with Crippen LogP contribution >= 0.6 is 0 Å². The summed E-state index contributed by atoms with van der Waals surface area (Å²) in [4.78, 5) is 23.5. The average molecular weight is 330 g/mol. The third-order valence-corrected chi connectivity index (χ3v) is 5.51. The van der Waals surface area contributed by atoms with Crippen LogP contribution in [0.3, 0.4) is 0 Å². The molecule has 1 aliphatic carbocycles. The van der Waals surface area contributed by atoms with Gasteiger partial charge in [-0.25, -0.2) is 0 Å². The first kappa shape index (κ1) is 17.3. The van der Waals surface area contributed by atoms with E-state index >= 15 is 0 Å². The monoisotopic (exact) mass is 330 g/mol. The molecule has 5 heteroatoms. The van der Waals surface area contributed by atoms with E-state index in [2.05, 4.69) is 20.2 Å². The molecule has 1 N–H and O–H groups in total. The lowest BCUT2D eigenvalue weighted by atomic mass is 9.89. The molecule has 2 aliphatic rings. The van der Waals surface area contributed by atoms with Gasteiger partial charge in [0.25, 0.3) is 0 Å². The Morgan fingerprint density at radius 3 is 2.62 bits per heavy atom. The molecule has 1 aliphatic heterocycles. The van der Waals surface area contributed by atoms with Crippen LogP contribution < -0.4 is 5.32 Å². The van der Waals surface area contributed by atoms with Crippen molar-refractivity contribution in [2.24, 2.45) is 5.92 Å². The Hall–Kier alpha value is -1.49. The molecule has 24 heavy (non-hydrogen) atoms. The quantitative estimate of drug-likeness (QED) is 0.901. The lowest BCUT2D eigenvalue weighted by Gasteiger charge is -2.39. The minimum Gasteiger partial charge on any atom is -0.353 e. The predicted octanol–water partition coefficient (Wildman–Crippen LogP) is 2.57. The van der Waals surface area contributed by atoms with Crippen molar-refractivity contribution in [3.8, 4) is 0 Å². The first-order valence-electron chi connectivity index (χ1n) is 9.51. The fourth-order valence-corrected chi connectivity index (χ4v) is 4.13. The average Bonchev–Trinajstić information content (AvgIpc) is 2.63. The Morgan fingerprint density at radius 1 is 1.21 bits per heavy atom. The first-order valence-corrected chi connectivity index (χ1v) is 9.51. The second-order valence-electron chi connectivity index (χ2n) is 7.41. The maximum absolute atomic E-state index is 12.5. The maximum atomic E-state index is 12.5. The Morgan fingerprint density at radius 2 is 1.96 bits per heavy atom. The molecule has 2 heterocycles. The zero-order valence-corrected chi connectivity index (χ0v) is 14.8. The van der Waals surface area contributed by atoms with Gasteiger partial charge in [0.1, 0.15) is 0 Å². The van der Waals surface area contributed by atoms with Crippen molar-refractivity contribution >= 4 is 5.91 Å². The summed E-state index contributed by atoms with van der Waals surface area (Å²) in [5, 5.41) is 3.17. The van der Waals surface area contributed by atoms with Gasteiger partial charge in [0.15, 0.2) is 0 Å². The zero-order valence-electron chi connectivity index (χ0n) is 14.8. The molecule has 1 amide bonds. The van der Waals surface area contributed by atoms with Gasteiger partial charge in [-0.05, 0) is 45.7 Å². The normalized spacial score (nSPS) is 22.2. The van der Waals surface area contributed by atoms with E-state index in [1.807, 2.05) is 6.92 Å². The number of aromatic nitrogens is 2. The van der Waals surface area contributed by atoms with Crippen LogP contribution in [0.4, 0.5) is 0 Å². The second kappa shape index (κ2) is 8.56. The molecule has 0 bridgehead atoms. The molecule has 2 fully saturated rings. The highest BCUT2D eigenvalue weighted by molar-refractivity contribution is 5.79. The van der Waals surface area contributed by atoms with E-state index in [4.69, 9.17) is 0 Å². The number of rotatable bonds is 5. The van der Waals surface area contributed by atoms with Gasteiger partial charge >= 0.3 is 0 Å². The van der Waals surface area contributed by atoms with Crippen LogP contribution in [0.25, 0.3) is 0 Å².